The first kappa shape index (κ1) is 15.4. The number of nitrogens with one attached hydrogen (secondary N) is 1. The Morgan fingerprint density at radius 2 is 1.78 bits per heavy atom. The molecule has 0 bridgehead atoms. The summed E-state index contributed by atoms with van der Waals surface area (Å²) < 4.78 is 17.0. The Bertz CT molecular complexity index is 632. The largest absolute Gasteiger partial charge is 0.497 e. The minimum absolute atomic E-state index is 0.0555. The van der Waals surface area contributed by atoms with Gasteiger partial charge in [0.1, 0.15) is 24.2 Å². The summed E-state index contributed by atoms with van der Waals surface area (Å²) in [6.45, 7) is 0.481. The van der Waals surface area contributed by atoms with Crippen LogP contribution in [0.3, 0.4) is 0 Å². The molecule has 0 radical (unpaired) electrons. The monoisotopic (exact) mass is 313 g/mol. The van der Waals surface area contributed by atoms with Gasteiger partial charge in [-0.3, -0.25) is 4.79 Å². The zero-order valence-electron chi connectivity index (χ0n) is 12.9. The summed E-state index contributed by atoms with van der Waals surface area (Å²) in [5.74, 6) is 1.40. The average Bonchev–Trinajstić information content (AvgIpc) is 2.62. The van der Waals surface area contributed by atoms with Crippen LogP contribution in [0.1, 0.15) is 11.7 Å². The van der Waals surface area contributed by atoms with Gasteiger partial charge in [-0.15, -0.1) is 0 Å². The van der Waals surface area contributed by atoms with Crippen LogP contribution in [-0.2, 0) is 9.53 Å². The topological polar surface area (TPSA) is 56.8 Å². The van der Waals surface area contributed by atoms with Crippen LogP contribution in [0.5, 0.6) is 11.5 Å². The molecule has 2 aromatic rings. The predicted octanol–water partition coefficient (Wildman–Crippen LogP) is 2.33. The van der Waals surface area contributed by atoms with Gasteiger partial charge in [0.05, 0.1) is 7.11 Å². The van der Waals surface area contributed by atoms with Crippen LogP contribution < -0.4 is 14.8 Å². The van der Waals surface area contributed by atoms with Gasteiger partial charge in [-0.1, -0.05) is 30.3 Å². The van der Waals surface area contributed by atoms with Crippen molar-refractivity contribution in [1.29, 1.82) is 0 Å². The lowest BCUT2D eigenvalue weighted by Gasteiger charge is -2.31. The lowest BCUT2D eigenvalue weighted by molar-refractivity contribution is -0.137. The number of amides is 1. The van der Waals surface area contributed by atoms with Crippen molar-refractivity contribution in [3.63, 3.8) is 0 Å². The number of hydrogen-bond donors (Lipinski definition) is 1. The summed E-state index contributed by atoms with van der Waals surface area (Å²) in [6.07, 6.45) is -0.539. The fraction of sp³-hybridized carbons (Fsp3) is 0.278. The molecule has 120 valence electrons. The highest BCUT2D eigenvalue weighted by Gasteiger charge is 2.30. The Hall–Kier alpha value is -2.53. The number of methoxy groups -OCH3 is 1. The van der Waals surface area contributed by atoms with Gasteiger partial charge in [0.2, 0.25) is 5.91 Å². The molecule has 5 nitrogen and oxygen atoms in total. The van der Waals surface area contributed by atoms with E-state index in [9.17, 15) is 4.79 Å². The number of carbonyl (C=O) groups excluding carboxylic acids is 1. The summed E-state index contributed by atoms with van der Waals surface area (Å²) in [7, 11) is 1.63. The maximum atomic E-state index is 11.3. The SMILES string of the molecule is COc1ccc(O[C@H](c2ccccc2)[C@H]2CNC(=O)CO2)cc1. The summed E-state index contributed by atoms with van der Waals surface area (Å²) in [6, 6.07) is 17.3. The molecule has 2 atom stereocenters. The van der Waals surface area contributed by atoms with E-state index in [0.717, 1.165) is 17.1 Å². The smallest absolute Gasteiger partial charge is 0.246 e. The second-order valence-corrected chi connectivity index (χ2v) is 5.28. The van der Waals surface area contributed by atoms with Gasteiger partial charge in [-0.05, 0) is 29.8 Å². The number of rotatable bonds is 5. The molecule has 1 aliphatic heterocycles. The van der Waals surface area contributed by atoms with E-state index in [4.69, 9.17) is 14.2 Å². The molecule has 2 aromatic carbocycles. The molecule has 3 rings (SSSR count). The first-order valence-electron chi connectivity index (χ1n) is 7.50. The van der Waals surface area contributed by atoms with Crippen molar-refractivity contribution in [1.82, 2.24) is 5.32 Å². The van der Waals surface area contributed by atoms with Gasteiger partial charge in [0.15, 0.2) is 6.10 Å². The van der Waals surface area contributed by atoms with Crippen molar-refractivity contribution in [2.24, 2.45) is 0 Å². The summed E-state index contributed by atoms with van der Waals surface area (Å²) in [5.41, 5.74) is 1.00. The van der Waals surface area contributed by atoms with Crippen LogP contribution >= 0.6 is 0 Å². The fourth-order valence-electron chi connectivity index (χ4n) is 2.50. The average molecular weight is 313 g/mol. The molecular formula is C18H19NO4. The fourth-order valence-corrected chi connectivity index (χ4v) is 2.50. The summed E-state index contributed by atoms with van der Waals surface area (Å²) >= 11 is 0. The van der Waals surface area contributed by atoms with Gasteiger partial charge in [0.25, 0.3) is 0 Å². The molecule has 1 fully saturated rings. The summed E-state index contributed by atoms with van der Waals surface area (Å²) in [5, 5.41) is 2.82. The van der Waals surface area contributed by atoms with E-state index in [1.807, 2.05) is 54.6 Å². The van der Waals surface area contributed by atoms with Crippen LogP contribution in [0, 0.1) is 0 Å². The van der Waals surface area contributed by atoms with Gasteiger partial charge in [0, 0.05) is 6.54 Å². The zero-order valence-corrected chi connectivity index (χ0v) is 12.9. The zero-order chi connectivity index (χ0) is 16.1. The van der Waals surface area contributed by atoms with Gasteiger partial charge in [-0.25, -0.2) is 0 Å². The van der Waals surface area contributed by atoms with E-state index in [1.165, 1.54) is 0 Å². The van der Waals surface area contributed by atoms with E-state index in [-0.39, 0.29) is 24.7 Å². The summed E-state index contributed by atoms with van der Waals surface area (Å²) in [4.78, 5) is 11.3. The highest BCUT2D eigenvalue weighted by molar-refractivity contribution is 5.77. The Kier molecular flexibility index (Phi) is 4.78. The molecule has 1 amide bonds. The van der Waals surface area contributed by atoms with Gasteiger partial charge >= 0.3 is 0 Å². The molecule has 0 aromatic heterocycles. The molecule has 1 heterocycles. The predicted molar refractivity (Wildman–Crippen MR) is 85.6 cm³/mol. The molecular weight excluding hydrogens is 294 g/mol. The molecule has 23 heavy (non-hydrogen) atoms. The quantitative estimate of drug-likeness (QED) is 0.920. The lowest BCUT2D eigenvalue weighted by atomic mass is 10.0. The maximum absolute atomic E-state index is 11.3. The Labute approximate surface area is 135 Å². The Morgan fingerprint density at radius 1 is 1.09 bits per heavy atom. The number of benzene rings is 2. The number of morpholine rings is 1. The van der Waals surface area contributed by atoms with Gasteiger partial charge < -0.3 is 19.5 Å². The number of hydrogen-bond acceptors (Lipinski definition) is 4. The first-order valence-corrected chi connectivity index (χ1v) is 7.50. The molecule has 1 saturated heterocycles. The van der Waals surface area contributed by atoms with E-state index in [1.54, 1.807) is 7.11 Å². The van der Waals surface area contributed by atoms with Crippen molar-refractivity contribution in [3.05, 3.63) is 60.2 Å². The normalized spacial score (nSPS) is 18.8. The molecule has 1 aliphatic rings. The van der Waals surface area contributed by atoms with Crippen LogP contribution in [0.4, 0.5) is 0 Å². The first-order chi connectivity index (χ1) is 11.3. The second-order valence-electron chi connectivity index (χ2n) is 5.28. The van der Waals surface area contributed by atoms with Gasteiger partial charge in [-0.2, -0.15) is 0 Å². The highest BCUT2D eigenvalue weighted by Crippen LogP contribution is 2.28. The third kappa shape index (κ3) is 3.81. The molecule has 0 spiro atoms. The molecule has 1 N–H and O–H groups in total. The van der Waals surface area contributed by atoms with E-state index in [2.05, 4.69) is 5.32 Å². The molecule has 0 aliphatic carbocycles. The van der Waals surface area contributed by atoms with Crippen LogP contribution in [-0.4, -0.2) is 32.3 Å². The Morgan fingerprint density at radius 3 is 2.39 bits per heavy atom. The van der Waals surface area contributed by atoms with Crippen molar-refractivity contribution in [2.45, 2.75) is 12.2 Å². The standard InChI is InChI=1S/C18H19NO4/c1-21-14-7-9-15(10-8-14)23-18(13-5-3-2-4-6-13)16-11-19-17(20)12-22-16/h2-10,16,18H,11-12H2,1H3,(H,19,20)/t16-,18-/m1/s1. The van der Waals surface area contributed by atoms with Crippen molar-refractivity contribution in [2.75, 3.05) is 20.3 Å². The van der Waals surface area contributed by atoms with E-state index in [0.29, 0.717) is 6.54 Å². The third-order valence-corrected chi connectivity index (χ3v) is 3.72. The molecule has 0 saturated carbocycles. The molecule has 0 unspecified atom stereocenters. The van der Waals surface area contributed by atoms with Crippen molar-refractivity contribution < 1.29 is 19.0 Å². The van der Waals surface area contributed by atoms with Crippen LogP contribution in [0.2, 0.25) is 0 Å². The van der Waals surface area contributed by atoms with Crippen LogP contribution in [0.15, 0.2) is 54.6 Å². The highest BCUT2D eigenvalue weighted by atomic mass is 16.5. The van der Waals surface area contributed by atoms with Crippen LogP contribution in [0.25, 0.3) is 0 Å². The van der Waals surface area contributed by atoms with E-state index >= 15 is 0 Å². The third-order valence-electron chi connectivity index (χ3n) is 3.72. The maximum Gasteiger partial charge on any atom is 0.246 e. The second kappa shape index (κ2) is 7.15. The van der Waals surface area contributed by atoms with E-state index < -0.39 is 0 Å². The molecule has 5 heteroatoms. The lowest BCUT2D eigenvalue weighted by Crippen LogP contribution is -2.46. The minimum Gasteiger partial charge on any atom is -0.497 e. The van der Waals surface area contributed by atoms with Crippen molar-refractivity contribution in [3.8, 4) is 11.5 Å². The Balaban J connectivity index is 1.81. The van der Waals surface area contributed by atoms with Crippen molar-refractivity contribution >= 4 is 5.91 Å². The number of carbonyl (C=O) groups is 1. The number of ether oxygens (including phenoxy) is 3. The minimum atomic E-state index is -0.301.